The lowest BCUT2D eigenvalue weighted by molar-refractivity contribution is 0.656. The number of H-pyrrole nitrogens is 1. The molecule has 7 nitrogen and oxygen atoms in total. The van der Waals surface area contributed by atoms with Gasteiger partial charge in [-0.15, -0.1) is 0 Å². The van der Waals surface area contributed by atoms with E-state index in [0.717, 1.165) is 52.3 Å². The van der Waals surface area contributed by atoms with Crippen LogP contribution in [0, 0.1) is 0 Å². The van der Waals surface area contributed by atoms with E-state index >= 15 is 0 Å². The first kappa shape index (κ1) is 12.5. The van der Waals surface area contributed by atoms with Gasteiger partial charge in [0, 0.05) is 40.3 Å². The average molecular weight is 305 g/mol. The molecule has 5 rings (SSSR count). The van der Waals surface area contributed by atoms with E-state index in [1.165, 1.54) is 5.69 Å². The summed E-state index contributed by atoms with van der Waals surface area (Å²) in [4.78, 5) is 11.8. The fourth-order valence-corrected chi connectivity index (χ4v) is 3.60. The second-order valence-electron chi connectivity index (χ2n) is 5.89. The predicted molar refractivity (Wildman–Crippen MR) is 89.8 cm³/mol. The highest BCUT2D eigenvalue weighted by atomic mass is 15.3. The van der Waals surface area contributed by atoms with Gasteiger partial charge >= 0.3 is 0 Å². The molecule has 3 aromatic heterocycles. The van der Waals surface area contributed by atoms with Gasteiger partial charge in [-0.2, -0.15) is 10.1 Å². The summed E-state index contributed by atoms with van der Waals surface area (Å²) in [5, 5.41) is 6.34. The van der Waals surface area contributed by atoms with Crippen LogP contribution in [0.4, 0.5) is 11.8 Å². The lowest BCUT2D eigenvalue weighted by Crippen LogP contribution is -2.01. The summed E-state index contributed by atoms with van der Waals surface area (Å²) in [6.45, 7) is 0.983. The maximum absolute atomic E-state index is 6.09. The Labute approximate surface area is 131 Å². The van der Waals surface area contributed by atoms with E-state index in [2.05, 4.69) is 30.8 Å². The molecule has 1 aromatic carbocycles. The molecule has 0 saturated carbocycles. The number of aromatic nitrogens is 5. The number of nitrogens with two attached hydrogens (primary N) is 2. The number of nitrogens with one attached hydrogen (secondary N) is 1. The fourth-order valence-electron chi connectivity index (χ4n) is 3.60. The molecule has 0 spiro atoms. The van der Waals surface area contributed by atoms with E-state index in [9.17, 15) is 0 Å². The van der Waals surface area contributed by atoms with Gasteiger partial charge in [-0.3, -0.25) is 9.67 Å². The Balaban J connectivity index is 1.92. The standard InChI is InChI=1S/C16H15N7/c17-15-13-8-3-4-19-14(8)9(6-11(13)21-16(18)22-15)10-7-20-23-5-1-2-12(10)23/h3-4,6-7H,1-2,5,17H2,(H3,18,21,22). The number of fused-ring (bicyclic) bond motifs is 4. The van der Waals surface area contributed by atoms with Crippen LogP contribution in [-0.4, -0.2) is 24.7 Å². The Kier molecular flexibility index (Phi) is 2.29. The molecule has 114 valence electrons. The average Bonchev–Trinajstić information content (AvgIpc) is 3.22. The maximum Gasteiger partial charge on any atom is 0.199 e. The Morgan fingerprint density at radius 2 is 2.13 bits per heavy atom. The number of hydrogen-bond donors (Lipinski definition) is 3. The summed E-state index contributed by atoms with van der Waals surface area (Å²) in [6.07, 6.45) is 5.90. The molecule has 0 unspecified atom stereocenters. The van der Waals surface area contributed by atoms with E-state index in [-0.39, 0.29) is 0 Å². The third-order valence-corrected chi connectivity index (χ3v) is 4.56. The quantitative estimate of drug-likeness (QED) is 0.498. The van der Waals surface area contributed by atoms with Gasteiger partial charge in [-0.25, -0.2) is 0 Å². The second kappa shape index (κ2) is 4.22. The second-order valence-corrected chi connectivity index (χ2v) is 5.89. The summed E-state index contributed by atoms with van der Waals surface area (Å²) in [6, 6.07) is 4.02. The van der Waals surface area contributed by atoms with Crippen LogP contribution in [-0.2, 0) is 13.0 Å². The van der Waals surface area contributed by atoms with Crippen molar-refractivity contribution in [2.45, 2.75) is 19.4 Å². The van der Waals surface area contributed by atoms with Gasteiger partial charge in [-0.05, 0) is 25.0 Å². The highest BCUT2D eigenvalue weighted by molar-refractivity contribution is 6.15. The molecule has 5 N–H and O–H groups in total. The number of nitrogen functional groups attached to an aromatic ring is 2. The van der Waals surface area contributed by atoms with E-state index in [0.29, 0.717) is 11.8 Å². The van der Waals surface area contributed by atoms with E-state index < -0.39 is 0 Å². The zero-order valence-corrected chi connectivity index (χ0v) is 12.4. The van der Waals surface area contributed by atoms with Gasteiger partial charge in [0.2, 0.25) is 0 Å². The normalized spacial score (nSPS) is 13.9. The molecule has 0 amide bonds. The Morgan fingerprint density at radius 3 is 3.04 bits per heavy atom. The van der Waals surface area contributed by atoms with Gasteiger partial charge in [0.1, 0.15) is 5.82 Å². The summed E-state index contributed by atoms with van der Waals surface area (Å²) in [7, 11) is 0. The molecule has 4 heterocycles. The van der Waals surface area contributed by atoms with Crippen LogP contribution in [0.5, 0.6) is 0 Å². The molecule has 1 aliphatic rings. The van der Waals surface area contributed by atoms with Gasteiger partial charge in [0.25, 0.3) is 0 Å². The number of benzene rings is 1. The smallest absolute Gasteiger partial charge is 0.199 e. The van der Waals surface area contributed by atoms with Crippen molar-refractivity contribution < 1.29 is 0 Å². The first-order valence-corrected chi connectivity index (χ1v) is 7.60. The molecule has 1 aliphatic heterocycles. The monoisotopic (exact) mass is 305 g/mol. The molecule has 0 radical (unpaired) electrons. The fraction of sp³-hybridized carbons (Fsp3) is 0.188. The first-order chi connectivity index (χ1) is 11.2. The summed E-state index contributed by atoms with van der Waals surface area (Å²) < 4.78 is 2.08. The summed E-state index contributed by atoms with van der Waals surface area (Å²) >= 11 is 0. The molecule has 7 heteroatoms. The van der Waals surface area contributed by atoms with Crippen molar-refractivity contribution in [2.24, 2.45) is 0 Å². The number of nitrogens with zero attached hydrogens (tertiary/aromatic N) is 4. The van der Waals surface area contributed by atoms with Crippen LogP contribution < -0.4 is 11.5 Å². The maximum atomic E-state index is 6.09. The number of aromatic amines is 1. The highest BCUT2D eigenvalue weighted by Crippen LogP contribution is 2.38. The topological polar surface area (TPSA) is 111 Å². The summed E-state index contributed by atoms with van der Waals surface area (Å²) in [5.41, 5.74) is 17.2. The minimum Gasteiger partial charge on any atom is -0.383 e. The highest BCUT2D eigenvalue weighted by Gasteiger charge is 2.21. The molecule has 0 aliphatic carbocycles. The van der Waals surface area contributed by atoms with Crippen molar-refractivity contribution in [3.05, 3.63) is 30.2 Å². The summed E-state index contributed by atoms with van der Waals surface area (Å²) in [5.74, 6) is 0.723. The Hall–Kier alpha value is -3.09. The molecular formula is C16H15N7. The SMILES string of the molecule is Nc1nc(N)c2c(cc(-c3cnn4c3CCC4)c3nccc32)[nH]1. The number of anilines is 2. The molecular weight excluding hydrogens is 290 g/mol. The molecule has 0 fully saturated rings. The van der Waals surface area contributed by atoms with Crippen LogP contribution in [0.1, 0.15) is 12.1 Å². The minimum atomic E-state index is 0.306. The predicted octanol–water partition coefficient (Wildman–Crippen LogP) is 2.09. The van der Waals surface area contributed by atoms with E-state index in [4.69, 9.17) is 11.5 Å². The number of rotatable bonds is 1. The number of hydrogen-bond acceptors (Lipinski definition) is 5. The van der Waals surface area contributed by atoms with Crippen molar-refractivity contribution >= 4 is 33.6 Å². The minimum absolute atomic E-state index is 0.306. The zero-order chi connectivity index (χ0) is 15.6. The first-order valence-electron chi connectivity index (χ1n) is 7.60. The van der Waals surface area contributed by atoms with Crippen molar-refractivity contribution in [1.29, 1.82) is 0 Å². The van der Waals surface area contributed by atoms with Crippen molar-refractivity contribution in [1.82, 2.24) is 24.7 Å². The van der Waals surface area contributed by atoms with Gasteiger partial charge in [0.05, 0.1) is 17.2 Å². The molecule has 4 aromatic rings. The largest absolute Gasteiger partial charge is 0.383 e. The lowest BCUT2D eigenvalue weighted by Gasteiger charge is -2.09. The van der Waals surface area contributed by atoms with Crippen LogP contribution in [0.15, 0.2) is 24.5 Å². The molecule has 23 heavy (non-hydrogen) atoms. The van der Waals surface area contributed by atoms with Crippen LogP contribution >= 0.6 is 0 Å². The van der Waals surface area contributed by atoms with Gasteiger partial charge in [0.15, 0.2) is 5.95 Å². The third-order valence-electron chi connectivity index (χ3n) is 4.56. The molecule has 0 atom stereocenters. The Morgan fingerprint density at radius 1 is 1.22 bits per heavy atom. The molecule has 0 saturated heterocycles. The van der Waals surface area contributed by atoms with Gasteiger partial charge < -0.3 is 16.5 Å². The van der Waals surface area contributed by atoms with Crippen LogP contribution in [0.25, 0.3) is 32.9 Å². The van der Waals surface area contributed by atoms with E-state index in [1.807, 2.05) is 12.3 Å². The lowest BCUT2D eigenvalue weighted by atomic mass is 9.99. The van der Waals surface area contributed by atoms with Crippen molar-refractivity contribution in [3.8, 4) is 11.1 Å². The molecule has 0 bridgehead atoms. The Bertz CT molecular complexity index is 1070. The number of aryl methyl sites for hydroxylation is 1. The van der Waals surface area contributed by atoms with E-state index in [1.54, 1.807) is 6.20 Å². The van der Waals surface area contributed by atoms with Gasteiger partial charge in [-0.1, -0.05) is 0 Å². The zero-order valence-electron chi connectivity index (χ0n) is 12.4. The van der Waals surface area contributed by atoms with Crippen LogP contribution in [0.3, 0.4) is 0 Å². The van der Waals surface area contributed by atoms with Crippen LogP contribution in [0.2, 0.25) is 0 Å². The third kappa shape index (κ3) is 1.61. The van der Waals surface area contributed by atoms with Crippen molar-refractivity contribution in [3.63, 3.8) is 0 Å². The van der Waals surface area contributed by atoms with Crippen molar-refractivity contribution in [2.75, 3.05) is 11.5 Å².